The van der Waals surface area contributed by atoms with Gasteiger partial charge in [-0.3, -0.25) is 4.98 Å². The van der Waals surface area contributed by atoms with Gasteiger partial charge in [-0.05, 0) is 26.8 Å². The molecule has 0 aliphatic rings. The molecule has 27 heavy (non-hydrogen) atoms. The molecular weight excluding hydrogens is 363 g/mol. The second-order valence-corrected chi connectivity index (χ2v) is 7.00. The van der Waals surface area contributed by atoms with Crippen molar-refractivity contribution in [3.63, 3.8) is 0 Å². The summed E-state index contributed by atoms with van der Waals surface area (Å²) < 4.78 is 10.4. The van der Waals surface area contributed by atoms with Gasteiger partial charge in [0.05, 0.1) is 35.7 Å². The number of carbonyl (C=O) groups excluding carboxylic acids is 1. The largest absolute Gasteiger partial charge is 0.444 e. The maximum atomic E-state index is 11.9. The minimum Gasteiger partial charge on any atom is -0.444 e. The summed E-state index contributed by atoms with van der Waals surface area (Å²) >= 11 is 0. The molecule has 0 aliphatic carbocycles. The number of nitrogens with one attached hydrogen (secondary N) is 2. The maximum absolute atomic E-state index is 11.9. The Morgan fingerprint density at radius 3 is 2.59 bits per heavy atom. The minimum atomic E-state index is -0.546. The summed E-state index contributed by atoms with van der Waals surface area (Å²) in [4.78, 5) is 16.2. The fourth-order valence-corrected chi connectivity index (χ4v) is 2.54. The van der Waals surface area contributed by atoms with E-state index < -0.39 is 11.7 Å². The molecule has 1 unspecified atom stereocenters. The monoisotopic (exact) mass is 394 g/mol. The van der Waals surface area contributed by atoms with E-state index in [9.17, 15) is 4.79 Å². The van der Waals surface area contributed by atoms with Gasteiger partial charge in [-0.15, -0.1) is 0 Å². The van der Waals surface area contributed by atoms with Crippen LogP contribution in [0.25, 0.3) is 10.9 Å². The van der Waals surface area contributed by atoms with E-state index in [1.807, 2.05) is 58.9 Å². The molecule has 8 heteroatoms. The van der Waals surface area contributed by atoms with Crippen molar-refractivity contribution in [1.29, 1.82) is 0 Å². The van der Waals surface area contributed by atoms with Gasteiger partial charge in [-0.2, -0.15) is 0 Å². The van der Waals surface area contributed by atoms with E-state index >= 15 is 0 Å². The molecule has 7 nitrogen and oxygen atoms in total. The molecule has 0 spiro atoms. The summed E-state index contributed by atoms with van der Waals surface area (Å²) in [7, 11) is 2.21. The Hall–Kier alpha value is -2.11. The highest BCUT2D eigenvalue weighted by atomic mass is 31.0. The molecule has 2 rings (SSSR count). The number of hydrogen-bond donors (Lipinski definition) is 3. The number of carbonyl (C=O) groups is 1. The molecule has 1 aromatic carbocycles. The van der Waals surface area contributed by atoms with Crippen LogP contribution in [-0.4, -0.2) is 35.9 Å². The lowest BCUT2D eigenvalue weighted by Crippen LogP contribution is -2.41. The number of alkyl carbamates (subject to hydrolysis) is 1. The van der Waals surface area contributed by atoms with E-state index in [4.69, 9.17) is 15.0 Å². The number of pyridine rings is 1. The molecule has 0 bridgehead atoms. The van der Waals surface area contributed by atoms with E-state index in [0.29, 0.717) is 18.8 Å². The first kappa shape index (κ1) is 22.9. The van der Waals surface area contributed by atoms with Crippen LogP contribution in [0, 0.1) is 0 Å². The summed E-state index contributed by atoms with van der Waals surface area (Å²) in [6.45, 7) is 10.1. The Balaban J connectivity index is 0.00000176. The Labute approximate surface area is 163 Å². The van der Waals surface area contributed by atoms with E-state index in [1.54, 1.807) is 6.20 Å². The van der Waals surface area contributed by atoms with E-state index in [-0.39, 0.29) is 6.04 Å². The van der Waals surface area contributed by atoms with Crippen LogP contribution < -0.4 is 16.4 Å². The van der Waals surface area contributed by atoms with Crippen LogP contribution in [0.5, 0.6) is 0 Å². The highest BCUT2D eigenvalue weighted by molar-refractivity contribution is 7.09. The molecule has 0 saturated carbocycles. The van der Waals surface area contributed by atoms with Crippen molar-refractivity contribution in [2.24, 2.45) is 0 Å². The first-order valence-corrected chi connectivity index (χ1v) is 9.45. The number of ether oxygens (including phenoxy) is 1. The molecule has 0 radical (unpaired) electrons. The maximum Gasteiger partial charge on any atom is 0.407 e. The van der Waals surface area contributed by atoms with Crippen molar-refractivity contribution < 1.29 is 14.1 Å². The summed E-state index contributed by atoms with van der Waals surface area (Å²) in [6, 6.07) is 7.51. The summed E-state index contributed by atoms with van der Waals surface area (Å²) in [5.41, 5.74) is 7.68. The lowest BCUT2D eigenvalue weighted by molar-refractivity contribution is 0.0524. The molecular formula is C19H31N4O3P. The number of hydrogen-bond acceptors (Lipinski definition) is 6. The highest BCUT2D eigenvalue weighted by Crippen LogP contribution is 2.28. The number of aromatic nitrogens is 1. The Morgan fingerprint density at radius 2 is 1.96 bits per heavy atom. The standard InChI is InChI=1S/C17H25N4O3P.C2H6/c1-17(2,3)24-16(22)20-8-11(10-23-25)21-15-12-6-4-5-7-14(12)19-9-13(15)18;1-2/h4-7,9,11H,8,10,18,25H2,1-3H3,(H,19,21)(H,20,22);1-2H3/t11-;/m0./s1. The van der Waals surface area contributed by atoms with Gasteiger partial charge in [-0.1, -0.05) is 32.0 Å². The van der Waals surface area contributed by atoms with Gasteiger partial charge >= 0.3 is 6.09 Å². The number of fused-ring (bicyclic) bond motifs is 1. The third-order valence-corrected chi connectivity index (χ3v) is 3.53. The zero-order valence-corrected chi connectivity index (χ0v) is 17.9. The fourth-order valence-electron chi connectivity index (χ4n) is 2.31. The van der Waals surface area contributed by atoms with E-state index in [1.165, 1.54) is 0 Å². The number of anilines is 2. The third-order valence-electron chi connectivity index (χ3n) is 3.34. The van der Waals surface area contributed by atoms with Crippen LogP contribution in [0.4, 0.5) is 16.2 Å². The van der Waals surface area contributed by atoms with Crippen molar-refractivity contribution in [1.82, 2.24) is 10.3 Å². The van der Waals surface area contributed by atoms with Gasteiger partial charge in [0.25, 0.3) is 0 Å². The molecule has 1 heterocycles. The van der Waals surface area contributed by atoms with Crippen LogP contribution in [-0.2, 0) is 9.26 Å². The Morgan fingerprint density at radius 1 is 1.30 bits per heavy atom. The van der Waals surface area contributed by atoms with Crippen molar-refractivity contribution in [2.75, 3.05) is 24.2 Å². The number of nitrogen functional groups attached to an aromatic ring is 1. The van der Waals surface area contributed by atoms with Gasteiger partial charge in [0.1, 0.15) is 5.60 Å². The molecule has 0 fully saturated rings. The highest BCUT2D eigenvalue weighted by Gasteiger charge is 2.18. The number of nitrogens with two attached hydrogens (primary N) is 1. The average Bonchev–Trinajstić information content (AvgIpc) is 2.62. The average molecular weight is 394 g/mol. The zero-order valence-electron chi connectivity index (χ0n) is 16.7. The number of nitrogens with zero attached hydrogens (tertiary/aromatic N) is 1. The van der Waals surface area contributed by atoms with Crippen LogP contribution in [0.15, 0.2) is 30.5 Å². The minimum absolute atomic E-state index is 0.196. The first-order chi connectivity index (χ1) is 12.8. The molecule has 1 amide bonds. The second kappa shape index (κ2) is 10.9. The molecule has 150 valence electrons. The number of benzene rings is 1. The molecule has 2 atom stereocenters. The molecule has 4 N–H and O–H groups in total. The normalized spacial score (nSPS) is 11.9. The zero-order chi connectivity index (χ0) is 20.4. The quantitative estimate of drug-likeness (QED) is 0.642. The number of amides is 1. The lowest BCUT2D eigenvalue weighted by Gasteiger charge is -2.23. The predicted octanol–water partition coefficient (Wildman–Crippen LogP) is 3.96. The molecule has 2 aromatic rings. The van der Waals surface area contributed by atoms with Crippen molar-refractivity contribution >= 4 is 37.8 Å². The summed E-state index contributed by atoms with van der Waals surface area (Å²) in [5, 5.41) is 6.99. The van der Waals surface area contributed by atoms with Gasteiger partial charge in [0.2, 0.25) is 0 Å². The van der Waals surface area contributed by atoms with Crippen molar-refractivity contribution in [3.8, 4) is 0 Å². The first-order valence-electron chi connectivity index (χ1n) is 8.98. The van der Waals surface area contributed by atoms with Crippen molar-refractivity contribution in [2.45, 2.75) is 46.3 Å². The van der Waals surface area contributed by atoms with Crippen molar-refractivity contribution in [3.05, 3.63) is 30.5 Å². The van der Waals surface area contributed by atoms with Crippen LogP contribution in [0.2, 0.25) is 0 Å². The third kappa shape index (κ3) is 7.57. The van der Waals surface area contributed by atoms with Gasteiger partial charge < -0.3 is 25.6 Å². The second-order valence-electron chi connectivity index (χ2n) is 6.66. The molecule has 1 aromatic heterocycles. The lowest BCUT2D eigenvalue weighted by atomic mass is 10.1. The summed E-state index contributed by atoms with van der Waals surface area (Å²) in [6.07, 6.45) is 1.14. The number of rotatable bonds is 6. The molecule has 0 aliphatic heterocycles. The van der Waals surface area contributed by atoms with Gasteiger partial charge in [0, 0.05) is 21.4 Å². The predicted molar refractivity (Wildman–Crippen MR) is 115 cm³/mol. The van der Waals surface area contributed by atoms with E-state index in [2.05, 4.69) is 25.1 Å². The topological polar surface area (TPSA) is 98.5 Å². The van der Waals surface area contributed by atoms with Gasteiger partial charge in [-0.25, -0.2) is 4.79 Å². The Kier molecular flexibility index (Phi) is 9.26. The number of para-hydroxylation sites is 1. The van der Waals surface area contributed by atoms with Crippen LogP contribution >= 0.6 is 9.47 Å². The Bertz CT molecular complexity index is 734. The fraction of sp³-hybridized carbons (Fsp3) is 0.474. The van der Waals surface area contributed by atoms with E-state index in [0.717, 1.165) is 16.6 Å². The van der Waals surface area contributed by atoms with Crippen LogP contribution in [0.1, 0.15) is 34.6 Å². The summed E-state index contributed by atoms with van der Waals surface area (Å²) in [5.74, 6) is 0. The smallest absolute Gasteiger partial charge is 0.407 e. The van der Waals surface area contributed by atoms with Crippen LogP contribution in [0.3, 0.4) is 0 Å². The SMILES string of the molecule is CC.CC(C)(C)OC(=O)NC[C@@H](COP)Nc1c(N)cnc2ccccc12. The molecule has 0 saturated heterocycles. The van der Waals surface area contributed by atoms with Gasteiger partial charge in [0.15, 0.2) is 0 Å².